The maximum atomic E-state index is 14.1. The van der Waals surface area contributed by atoms with Gasteiger partial charge >= 0.3 is 5.97 Å². The molecule has 2 aliphatic heterocycles. The van der Waals surface area contributed by atoms with E-state index >= 15 is 0 Å². The monoisotopic (exact) mass is 496 g/mol. The van der Waals surface area contributed by atoms with E-state index in [0.29, 0.717) is 28.5 Å². The predicted octanol–water partition coefficient (Wildman–Crippen LogP) is 4.18. The van der Waals surface area contributed by atoms with E-state index < -0.39 is 29.7 Å². The predicted molar refractivity (Wildman–Crippen MR) is 118 cm³/mol. The van der Waals surface area contributed by atoms with Crippen molar-refractivity contribution < 1.29 is 22.7 Å². The molecule has 33 heavy (non-hydrogen) atoms. The van der Waals surface area contributed by atoms with Gasteiger partial charge in [-0.25, -0.2) is 22.9 Å². The number of thiazole rings is 1. The molecular formula is C22H20ClF3N4O2S. The average Bonchev–Trinajstić information content (AvgIpc) is 3.49. The first-order chi connectivity index (χ1) is 15.8. The Morgan fingerprint density at radius 3 is 2.85 bits per heavy atom. The van der Waals surface area contributed by atoms with E-state index in [1.54, 1.807) is 11.6 Å². The Morgan fingerprint density at radius 2 is 2.24 bits per heavy atom. The van der Waals surface area contributed by atoms with Gasteiger partial charge in [0.1, 0.15) is 11.9 Å². The Bertz CT molecular complexity index is 1150. The molecule has 2 fully saturated rings. The first-order valence-corrected chi connectivity index (χ1v) is 11.7. The van der Waals surface area contributed by atoms with Crippen molar-refractivity contribution in [2.24, 2.45) is 10.9 Å². The number of rotatable bonds is 5. The number of fused-ring (bicyclic) bond motifs is 2. The minimum Gasteiger partial charge on any atom is -0.466 e. The first-order valence-electron chi connectivity index (χ1n) is 10.4. The highest BCUT2D eigenvalue weighted by molar-refractivity contribution is 7.11. The molecule has 1 saturated heterocycles. The average molecular weight is 497 g/mol. The molecule has 1 N–H and O–H groups in total. The highest BCUT2D eigenvalue weighted by Gasteiger charge is 2.56. The molecule has 3 heterocycles. The Morgan fingerprint density at radius 1 is 1.42 bits per heavy atom. The molecule has 6 nitrogen and oxygen atoms in total. The number of esters is 1. The largest absolute Gasteiger partial charge is 0.466 e. The zero-order valence-corrected chi connectivity index (χ0v) is 19.1. The fraction of sp³-hybridized carbons (Fsp3) is 0.409. The summed E-state index contributed by atoms with van der Waals surface area (Å²) >= 11 is 7.69. The number of piperidine rings is 1. The van der Waals surface area contributed by atoms with E-state index in [1.807, 2.05) is 4.90 Å². The van der Waals surface area contributed by atoms with Gasteiger partial charge in [0.15, 0.2) is 10.8 Å². The number of halogens is 4. The second kappa shape index (κ2) is 8.41. The molecule has 5 rings (SSSR count). The van der Waals surface area contributed by atoms with Crippen LogP contribution in [0, 0.1) is 11.7 Å². The molecule has 1 aromatic heterocycles. The molecule has 0 spiro atoms. The van der Waals surface area contributed by atoms with Crippen molar-refractivity contribution in [3.05, 3.63) is 62.5 Å². The minimum absolute atomic E-state index is 0.116. The third-order valence-electron chi connectivity index (χ3n) is 6.42. The van der Waals surface area contributed by atoms with E-state index in [-0.39, 0.29) is 36.1 Å². The van der Waals surface area contributed by atoms with Crippen molar-refractivity contribution in [1.29, 1.82) is 0 Å². The van der Waals surface area contributed by atoms with Crippen LogP contribution < -0.4 is 5.32 Å². The lowest BCUT2D eigenvalue weighted by molar-refractivity contribution is -0.136. The molecule has 1 aliphatic carbocycles. The van der Waals surface area contributed by atoms with Crippen LogP contribution in [0.25, 0.3) is 0 Å². The number of methoxy groups -OCH3 is 1. The Labute approximate surface area is 197 Å². The number of hydrogen-bond acceptors (Lipinski definition) is 7. The molecular weight excluding hydrogens is 477 g/mol. The van der Waals surface area contributed by atoms with Crippen LogP contribution in [0.3, 0.4) is 0 Å². The maximum absolute atomic E-state index is 14.1. The van der Waals surface area contributed by atoms with E-state index in [0.717, 1.165) is 6.07 Å². The molecule has 2 unspecified atom stereocenters. The Balaban J connectivity index is 1.57. The number of aliphatic imine (C=N–C) groups is 1. The van der Waals surface area contributed by atoms with Crippen LogP contribution in [-0.2, 0) is 9.53 Å². The summed E-state index contributed by atoms with van der Waals surface area (Å²) in [6.07, 6.45) is 1.86. The highest BCUT2D eigenvalue weighted by Crippen LogP contribution is 2.48. The number of hydrogen-bond donors (Lipinski definition) is 1. The number of aromatic nitrogens is 1. The zero-order chi connectivity index (χ0) is 23.3. The number of amidine groups is 1. The molecule has 0 amide bonds. The van der Waals surface area contributed by atoms with Crippen molar-refractivity contribution in [3.63, 3.8) is 0 Å². The van der Waals surface area contributed by atoms with Crippen LogP contribution in [0.5, 0.6) is 0 Å². The number of nitrogens with one attached hydrogen (secondary N) is 1. The molecule has 2 aromatic rings. The number of alkyl halides is 2. The number of likely N-dealkylation sites (tertiary alicyclic amines) is 1. The van der Waals surface area contributed by atoms with E-state index in [1.165, 1.54) is 30.6 Å². The lowest BCUT2D eigenvalue weighted by Gasteiger charge is -2.34. The second-order valence-corrected chi connectivity index (χ2v) is 9.67. The van der Waals surface area contributed by atoms with Gasteiger partial charge in [0.25, 0.3) is 5.92 Å². The second-order valence-electron chi connectivity index (χ2n) is 8.37. The van der Waals surface area contributed by atoms with Gasteiger partial charge in [-0.2, -0.15) is 0 Å². The minimum atomic E-state index is -2.65. The van der Waals surface area contributed by atoms with Gasteiger partial charge in [0, 0.05) is 59.3 Å². The van der Waals surface area contributed by atoms with Crippen molar-refractivity contribution in [3.8, 4) is 0 Å². The SMILES string of the molecule is COC(=O)C1=C(CN2CC3CC2CC3(F)F)NC(c2nccs2)=N[C@H]1c1ccc(F)cc1Cl. The van der Waals surface area contributed by atoms with Crippen LogP contribution in [0.4, 0.5) is 13.2 Å². The van der Waals surface area contributed by atoms with E-state index in [4.69, 9.17) is 16.3 Å². The summed E-state index contributed by atoms with van der Waals surface area (Å²) in [6, 6.07) is 2.75. The summed E-state index contributed by atoms with van der Waals surface area (Å²) in [4.78, 5) is 23.9. The topological polar surface area (TPSA) is 66.8 Å². The van der Waals surface area contributed by atoms with Gasteiger partial charge in [0.2, 0.25) is 0 Å². The van der Waals surface area contributed by atoms with Gasteiger partial charge < -0.3 is 10.1 Å². The van der Waals surface area contributed by atoms with Crippen LogP contribution in [-0.4, -0.2) is 53.9 Å². The molecule has 3 aliphatic rings. The molecule has 11 heteroatoms. The Hall–Kier alpha value is -2.43. The summed E-state index contributed by atoms with van der Waals surface area (Å²) in [5, 5.41) is 5.69. The lowest BCUT2D eigenvalue weighted by Crippen LogP contribution is -2.45. The van der Waals surface area contributed by atoms with E-state index in [9.17, 15) is 18.0 Å². The molecule has 3 atom stereocenters. The van der Waals surface area contributed by atoms with Crippen molar-refractivity contribution >= 4 is 34.7 Å². The molecule has 0 radical (unpaired) electrons. The van der Waals surface area contributed by atoms with Crippen LogP contribution in [0.15, 0.2) is 46.0 Å². The van der Waals surface area contributed by atoms with Gasteiger partial charge in [-0.3, -0.25) is 9.89 Å². The molecule has 1 saturated carbocycles. The summed E-state index contributed by atoms with van der Waals surface area (Å²) in [5.41, 5.74) is 1.13. The fourth-order valence-electron chi connectivity index (χ4n) is 4.85. The normalized spacial score (nSPS) is 26.3. The van der Waals surface area contributed by atoms with Gasteiger partial charge in [-0.15, -0.1) is 11.3 Å². The number of ether oxygens (including phenoxy) is 1. The maximum Gasteiger partial charge on any atom is 0.338 e. The van der Waals surface area contributed by atoms with Crippen molar-refractivity contribution in [2.75, 3.05) is 20.2 Å². The highest BCUT2D eigenvalue weighted by atomic mass is 35.5. The number of benzene rings is 1. The van der Waals surface area contributed by atoms with E-state index in [2.05, 4.69) is 15.3 Å². The third-order valence-corrected chi connectivity index (χ3v) is 7.52. The van der Waals surface area contributed by atoms with Crippen LogP contribution in [0.2, 0.25) is 5.02 Å². The van der Waals surface area contributed by atoms with Crippen LogP contribution in [0.1, 0.15) is 29.5 Å². The van der Waals surface area contributed by atoms with Gasteiger partial charge in [-0.05, 0) is 18.6 Å². The lowest BCUT2D eigenvalue weighted by atomic mass is 9.95. The number of carbonyl (C=O) groups is 1. The summed E-state index contributed by atoms with van der Waals surface area (Å²) < 4.78 is 46.9. The Kier molecular flexibility index (Phi) is 5.70. The van der Waals surface area contributed by atoms with Crippen molar-refractivity contribution in [1.82, 2.24) is 15.2 Å². The number of carbonyl (C=O) groups excluding carboxylic acids is 1. The third kappa shape index (κ3) is 4.04. The summed E-state index contributed by atoms with van der Waals surface area (Å²) in [5.74, 6) is -4.06. The van der Waals surface area contributed by atoms with Crippen molar-refractivity contribution in [2.45, 2.75) is 30.8 Å². The van der Waals surface area contributed by atoms with Gasteiger partial charge in [-0.1, -0.05) is 17.7 Å². The van der Waals surface area contributed by atoms with Gasteiger partial charge in [0.05, 0.1) is 12.7 Å². The number of nitrogens with zero attached hydrogens (tertiary/aromatic N) is 3. The first kappa shape index (κ1) is 22.4. The van der Waals surface area contributed by atoms with Crippen LogP contribution >= 0.6 is 22.9 Å². The molecule has 2 bridgehead atoms. The summed E-state index contributed by atoms with van der Waals surface area (Å²) in [7, 11) is 1.26. The molecule has 1 aromatic carbocycles. The standard InChI is InChI=1S/C22H20ClF3N4O2S/c1-32-21(31)17-16(10-30-9-11-6-13(30)8-22(11,25)26)28-19(20-27-4-5-33-20)29-18(17)14-3-2-12(24)7-15(14)23/h2-5,7,11,13,18H,6,8-10H2,1H3,(H,28,29)/t11?,13?,18-/m0/s1. The molecule has 174 valence electrons. The summed E-state index contributed by atoms with van der Waals surface area (Å²) in [6.45, 7) is 0.477. The smallest absolute Gasteiger partial charge is 0.338 e. The zero-order valence-electron chi connectivity index (χ0n) is 17.5. The quantitative estimate of drug-likeness (QED) is 0.629. The fourth-order valence-corrected chi connectivity index (χ4v) is 5.71.